The molecule has 2 heterocycles. The van der Waals surface area contributed by atoms with Gasteiger partial charge in [-0.2, -0.15) is 0 Å². The second kappa shape index (κ2) is 13.6. The summed E-state index contributed by atoms with van der Waals surface area (Å²) in [6.07, 6.45) is 3.45. The van der Waals surface area contributed by atoms with Gasteiger partial charge in [-0.3, -0.25) is 14.7 Å². The van der Waals surface area contributed by atoms with Gasteiger partial charge in [0.2, 0.25) is 5.91 Å². The van der Waals surface area contributed by atoms with E-state index < -0.39 is 9.84 Å². The molecule has 29 heavy (non-hydrogen) atoms. The van der Waals surface area contributed by atoms with Crippen molar-refractivity contribution in [2.45, 2.75) is 19.8 Å². The fraction of sp³-hybridized carbons (Fsp3) is 0.889. The highest BCUT2D eigenvalue weighted by atomic mass is 127. The lowest BCUT2D eigenvalue weighted by Crippen LogP contribution is -2.54. The Kier molecular flexibility index (Phi) is 12.4. The van der Waals surface area contributed by atoms with Crippen LogP contribution >= 0.6 is 24.0 Å². The minimum Gasteiger partial charge on any atom is -0.378 e. The predicted octanol–water partition coefficient (Wildman–Crippen LogP) is -0.129. The number of amides is 1. The Balaban J connectivity index is 0.00000420. The molecule has 0 bridgehead atoms. The lowest BCUT2D eigenvalue weighted by atomic mass is 10.3. The number of guanidine groups is 1. The van der Waals surface area contributed by atoms with Crippen LogP contribution < -0.4 is 5.32 Å². The Morgan fingerprint density at radius 1 is 1.03 bits per heavy atom. The summed E-state index contributed by atoms with van der Waals surface area (Å²) >= 11 is 0. The second-order valence-electron chi connectivity index (χ2n) is 7.33. The van der Waals surface area contributed by atoms with Crippen LogP contribution in [0.15, 0.2) is 4.99 Å². The quantitative estimate of drug-likeness (QED) is 0.187. The first-order valence-corrected chi connectivity index (χ1v) is 12.2. The lowest BCUT2D eigenvalue weighted by molar-refractivity contribution is -0.131. The van der Waals surface area contributed by atoms with Crippen molar-refractivity contribution in [1.82, 2.24) is 20.0 Å². The topological polar surface area (TPSA) is 94.5 Å². The number of hydrogen-bond donors (Lipinski definition) is 1. The summed E-state index contributed by atoms with van der Waals surface area (Å²) in [5, 5.41) is 3.30. The minimum atomic E-state index is -2.99. The zero-order valence-electron chi connectivity index (χ0n) is 17.6. The first-order chi connectivity index (χ1) is 13.4. The zero-order valence-corrected chi connectivity index (χ0v) is 20.8. The Hall–Kier alpha value is -0.660. The number of carbonyl (C=O) groups excluding carboxylic acids is 1. The van der Waals surface area contributed by atoms with Gasteiger partial charge in [0.15, 0.2) is 5.96 Å². The number of sulfone groups is 1. The molecule has 2 rings (SSSR count). The number of rotatable bonds is 9. The highest BCUT2D eigenvalue weighted by Gasteiger charge is 2.24. The van der Waals surface area contributed by atoms with E-state index in [2.05, 4.69) is 20.1 Å². The molecule has 2 fully saturated rings. The number of piperazine rings is 1. The molecule has 9 nitrogen and oxygen atoms in total. The molecule has 0 radical (unpaired) electrons. The van der Waals surface area contributed by atoms with Gasteiger partial charge < -0.3 is 19.9 Å². The Morgan fingerprint density at radius 2 is 1.69 bits per heavy atom. The van der Waals surface area contributed by atoms with E-state index in [0.717, 1.165) is 64.6 Å². The molecule has 170 valence electrons. The standard InChI is InChI=1S/C18H35N5O4S.HI/c1-3-19-18(20-6-13-27-14-15-28(2,25)26)23-11-9-21(10-12-23)16-17(24)22-7-4-5-8-22;/h3-16H2,1-2H3,(H,19,20);1H. The van der Waals surface area contributed by atoms with Gasteiger partial charge in [-0.1, -0.05) is 0 Å². The van der Waals surface area contributed by atoms with Gasteiger partial charge in [0.1, 0.15) is 9.84 Å². The molecule has 2 aliphatic rings. The molecule has 0 spiro atoms. The van der Waals surface area contributed by atoms with E-state index in [1.807, 2.05) is 11.8 Å². The van der Waals surface area contributed by atoms with Crippen molar-refractivity contribution >= 4 is 45.7 Å². The second-order valence-corrected chi connectivity index (χ2v) is 9.59. The maximum absolute atomic E-state index is 12.3. The molecule has 0 aliphatic carbocycles. The third kappa shape index (κ3) is 10.3. The maximum atomic E-state index is 12.3. The molecule has 1 amide bonds. The predicted molar refractivity (Wildman–Crippen MR) is 126 cm³/mol. The first-order valence-electron chi connectivity index (χ1n) is 10.2. The molecule has 0 atom stereocenters. The molecule has 0 aromatic carbocycles. The van der Waals surface area contributed by atoms with Gasteiger partial charge in [0.05, 0.1) is 32.1 Å². The van der Waals surface area contributed by atoms with E-state index in [0.29, 0.717) is 19.7 Å². The van der Waals surface area contributed by atoms with Crippen molar-refractivity contribution < 1.29 is 17.9 Å². The van der Waals surface area contributed by atoms with E-state index in [9.17, 15) is 13.2 Å². The van der Waals surface area contributed by atoms with Crippen molar-refractivity contribution in [3.63, 3.8) is 0 Å². The summed E-state index contributed by atoms with van der Waals surface area (Å²) in [5.74, 6) is 1.13. The number of hydrogen-bond acceptors (Lipinski definition) is 6. The van der Waals surface area contributed by atoms with Crippen molar-refractivity contribution in [3.8, 4) is 0 Å². The van der Waals surface area contributed by atoms with Crippen LogP contribution in [0.25, 0.3) is 0 Å². The highest BCUT2D eigenvalue weighted by molar-refractivity contribution is 14.0. The average Bonchev–Trinajstić information content (AvgIpc) is 3.18. The average molecular weight is 545 g/mol. The fourth-order valence-electron chi connectivity index (χ4n) is 3.33. The molecule has 2 aliphatic heterocycles. The summed E-state index contributed by atoms with van der Waals surface area (Å²) in [4.78, 5) is 23.3. The van der Waals surface area contributed by atoms with Crippen LogP contribution in [-0.4, -0.2) is 119 Å². The van der Waals surface area contributed by atoms with Crippen molar-refractivity contribution in [2.75, 3.05) is 84.1 Å². The van der Waals surface area contributed by atoms with Gasteiger partial charge in [-0.05, 0) is 19.8 Å². The van der Waals surface area contributed by atoms with Crippen LogP contribution in [0.5, 0.6) is 0 Å². The monoisotopic (exact) mass is 545 g/mol. The first kappa shape index (κ1) is 26.4. The molecular formula is C18H36IN5O4S. The van der Waals surface area contributed by atoms with Gasteiger partial charge in [-0.15, -0.1) is 24.0 Å². The van der Waals surface area contributed by atoms with Crippen LogP contribution in [0, 0.1) is 0 Å². The molecule has 1 N–H and O–H groups in total. The lowest BCUT2D eigenvalue weighted by Gasteiger charge is -2.36. The van der Waals surface area contributed by atoms with Crippen LogP contribution in [-0.2, 0) is 19.4 Å². The summed E-state index contributed by atoms with van der Waals surface area (Å²) in [7, 11) is -2.99. The molecule has 0 saturated carbocycles. The molecule has 11 heteroatoms. The van der Waals surface area contributed by atoms with Gasteiger partial charge >= 0.3 is 0 Å². The Bertz CT molecular complexity index is 618. The summed E-state index contributed by atoms with van der Waals surface area (Å²) in [6, 6.07) is 0. The molecule has 0 aromatic rings. The zero-order chi connectivity index (χ0) is 20.4. The molecule has 2 saturated heterocycles. The normalized spacial score (nSPS) is 18.6. The number of carbonyl (C=O) groups is 1. The van der Waals surface area contributed by atoms with E-state index in [-0.39, 0.29) is 42.2 Å². The number of aliphatic imine (C=N–C) groups is 1. The van der Waals surface area contributed by atoms with Crippen molar-refractivity contribution in [3.05, 3.63) is 0 Å². The van der Waals surface area contributed by atoms with Crippen LogP contribution in [0.1, 0.15) is 19.8 Å². The van der Waals surface area contributed by atoms with Crippen LogP contribution in [0.3, 0.4) is 0 Å². The number of nitrogens with zero attached hydrogens (tertiary/aromatic N) is 4. The molecule has 0 unspecified atom stereocenters. The number of nitrogens with one attached hydrogen (secondary N) is 1. The van der Waals surface area contributed by atoms with Crippen LogP contribution in [0.2, 0.25) is 0 Å². The van der Waals surface area contributed by atoms with Gasteiger partial charge in [-0.25, -0.2) is 8.42 Å². The SMILES string of the molecule is CCNC(=NCCOCCS(C)(=O)=O)N1CCN(CC(=O)N2CCCC2)CC1.I. The number of halogens is 1. The van der Waals surface area contributed by atoms with Crippen LogP contribution in [0.4, 0.5) is 0 Å². The third-order valence-electron chi connectivity index (χ3n) is 4.92. The highest BCUT2D eigenvalue weighted by Crippen LogP contribution is 2.09. The fourth-order valence-corrected chi connectivity index (χ4v) is 3.75. The van der Waals surface area contributed by atoms with Crippen molar-refractivity contribution in [2.24, 2.45) is 4.99 Å². The smallest absolute Gasteiger partial charge is 0.236 e. The van der Waals surface area contributed by atoms with E-state index in [1.54, 1.807) is 0 Å². The third-order valence-corrected chi connectivity index (χ3v) is 5.83. The van der Waals surface area contributed by atoms with Gasteiger partial charge in [0, 0.05) is 52.1 Å². The van der Waals surface area contributed by atoms with E-state index in [1.165, 1.54) is 6.26 Å². The number of likely N-dealkylation sites (tertiary alicyclic amines) is 1. The summed E-state index contributed by atoms with van der Waals surface area (Å²) in [5.41, 5.74) is 0. The summed E-state index contributed by atoms with van der Waals surface area (Å²) < 4.78 is 27.5. The Labute approximate surface area is 192 Å². The molecular weight excluding hydrogens is 509 g/mol. The van der Waals surface area contributed by atoms with E-state index in [4.69, 9.17) is 4.74 Å². The number of ether oxygens (including phenoxy) is 1. The Morgan fingerprint density at radius 3 is 2.28 bits per heavy atom. The largest absolute Gasteiger partial charge is 0.378 e. The van der Waals surface area contributed by atoms with Crippen molar-refractivity contribution in [1.29, 1.82) is 0 Å². The van der Waals surface area contributed by atoms with E-state index >= 15 is 0 Å². The maximum Gasteiger partial charge on any atom is 0.236 e. The minimum absolute atomic E-state index is 0. The van der Waals surface area contributed by atoms with Gasteiger partial charge in [0.25, 0.3) is 0 Å². The summed E-state index contributed by atoms with van der Waals surface area (Å²) in [6.45, 7) is 9.56. The molecule has 0 aromatic heterocycles.